The van der Waals surface area contributed by atoms with Crippen molar-refractivity contribution in [3.63, 3.8) is 0 Å². The maximum absolute atomic E-state index is 5.90. The van der Waals surface area contributed by atoms with Gasteiger partial charge in [-0.05, 0) is 29.8 Å². The number of anilines is 1. The minimum absolute atomic E-state index is 0.177. The molecule has 8 heteroatoms. The first-order chi connectivity index (χ1) is 12.7. The molecule has 1 aromatic carbocycles. The van der Waals surface area contributed by atoms with Crippen LogP contribution in [0.1, 0.15) is 5.56 Å². The van der Waals surface area contributed by atoms with Crippen LogP contribution in [0.4, 0.5) is 5.95 Å². The Balaban J connectivity index is 1.70. The number of benzene rings is 1. The Morgan fingerprint density at radius 1 is 1.19 bits per heavy atom. The van der Waals surface area contributed by atoms with Crippen LogP contribution in [-0.4, -0.2) is 32.1 Å². The SMILES string of the molecule is Nc1nc(-c2ccco2)c2cnn(Cc3cccc(OCCS)c3)c2n1. The summed E-state index contributed by atoms with van der Waals surface area (Å²) in [6.07, 6.45) is 3.33. The minimum atomic E-state index is 0.177. The predicted molar refractivity (Wildman–Crippen MR) is 102 cm³/mol. The van der Waals surface area contributed by atoms with E-state index in [1.807, 2.05) is 30.3 Å². The molecular formula is C18H17N5O2S. The molecule has 0 saturated heterocycles. The van der Waals surface area contributed by atoms with E-state index in [-0.39, 0.29) is 5.95 Å². The quantitative estimate of drug-likeness (QED) is 0.509. The molecule has 0 radical (unpaired) electrons. The summed E-state index contributed by atoms with van der Waals surface area (Å²) >= 11 is 4.16. The Kier molecular flexibility index (Phi) is 4.49. The Labute approximate surface area is 155 Å². The normalized spacial score (nSPS) is 11.1. The van der Waals surface area contributed by atoms with Crippen LogP contribution in [0.3, 0.4) is 0 Å². The molecule has 3 aromatic heterocycles. The molecule has 0 fully saturated rings. The third kappa shape index (κ3) is 3.23. The van der Waals surface area contributed by atoms with Crippen LogP contribution in [0.25, 0.3) is 22.5 Å². The predicted octanol–water partition coefficient (Wildman–Crippen LogP) is 3.03. The zero-order chi connectivity index (χ0) is 17.9. The molecular weight excluding hydrogens is 350 g/mol. The Bertz CT molecular complexity index is 1030. The van der Waals surface area contributed by atoms with Crippen LogP contribution in [0, 0.1) is 0 Å². The molecule has 0 saturated carbocycles. The zero-order valence-electron chi connectivity index (χ0n) is 13.9. The molecule has 3 heterocycles. The van der Waals surface area contributed by atoms with E-state index >= 15 is 0 Å². The number of ether oxygens (including phenoxy) is 1. The molecule has 26 heavy (non-hydrogen) atoms. The highest BCUT2D eigenvalue weighted by Gasteiger charge is 2.15. The first-order valence-electron chi connectivity index (χ1n) is 8.10. The van der Waals surface area contributed by atoms with Crippen LogP contribution in [-0.2, 0) is 6.54 Å². The number of fused-ring (bicyclic) bond motifs is 1. The molecule has 0 aliphatic heterocycles. The number of nitrogen functional groups attached to an aromatic ring is 1. The standard InChI is InChI=1S/C18H17N5O2S/c19-18-21-16(15-5-2-6-25-15)14-10-20-23(17(14)22-18)11-12-3-1-4-13(9-12)24-7-8-26/h1-6,9-10,26H,7-8,11H2,(H2,19,21,22). The Morgan fingerprint density at radius 3 is 2.92 bits per heavy atom. The summed E-state index contributed by atoms with van der Waals surface area (Å²) < 4.78 is 12.9. The van der Waals surface area contributed by atoms with Gasteiger partial charge in [0.05, 0.1) is 31.0 Å². The van der Waals surface area contributed by atoms with Gasteiger partial charge < -0.3 is 14.9 Å². The van der Waals surface area contributed by atoms with Gasteiger partial charge in [0.1, 0.15) is 11.4 Å². The number of rotatable bonds is 6. The summed E-state index contributed by atoms with van der Waals surface area (Å²) in [5.74, 6) is 2.28. The fraction of sp³-hybridized carbons (Fsp3) is 0.167. The van der Waals surface area contributed by atoms with Crippen LogP contribution < -0.4 is 10.5 Å². The summed E-state index contributed by atoms with van der Waals surface area (Å²) in [5, 5.41) is 5.25. The average molecular weight is 367 g/mol. The lowest BCUT2D eigenvalue weighted by atomic mass is 10.2. The van der Waals surface area contributed by atoms with Crippen molar-refractivity contribution in [1.82, 2.24) is 19.7 Å². The van der Waals surface area contributed by atoms with Gasteiger partial charge in [0, 0.05) is 5.75 Å². The molecule has 0 bridgehead atoms. The van der Waals surface area contributed by atoms with Crippen molar-refractivity contribution >= 4 is 29.6 Å². The van der Waals surface area contributed by atoms with Gasteiger partial charge in [0.2, 0.25) is 5.95 Å². The van der Waals surface area contributed by atoms with E-state index < -0.39 is 0 Å². The molecule has 0 aliphatic rings. The number of hydrogen-bond acceptors (Lipinski definition) is 7. The van der Waals surface area contributed by atoms with Gasteiger partial charge in [0.25, 0.3) is 0 Å². The number of furan rings is 1. The number of thiol groups is 1. The van der Waals surface area contributed by atoms with Gasteiger partial charge in [-0.1, -0.05) is 12.1 Å². The summed E-state index contributed by atoms with van der Waals surface area (Å²) in [6, 6.07) is 11.5. The highest BCUT2D eigenvalue weighted by Crippen LogP contribution is 2.27. The first kappa shape index (κ1) is 16.5. The van der Waals surface area contributed by atoms with Crippen molar-refractivity contribution in [3.05, 3.63) is 54.4 Å². The summed E-state index contributed by atoms with van der Waals surface area (Å²) in [6.45, 7) is 1.10. The lowest BCUT2D eigenvalue weighted by molar-refractivity contribution is 0.344. The van der Waals surface area contributed by atoms with Gasteiger partial charge in [-0.25, -0.2) is 9.67 Å². The number of hydrogen-bond donors (Lipinski definition) is 2. The van der Waals surface area contributed by atoms with E-state index in [1.165, 1.54) is 0 Å². The number of nitrogens with two attached hydrogens (primary N) is 1. The van der Waals surface area contributed by atoms with Crippen molar-refractivity contribution in [1.29, 1.82) is 0 Å². The van der Waals surface area contributed by atoms with Crippen molar-refractivity contribution in [2.24, 2.45) is 0 Å². The maximum atomic E-state index is 5.90. The van der Waals surface area contributed by atoms with Crippen LogP contribution >= 0.6 is 12.6 Å². The summed E-state index contributed by atoms with van der Waals surface area (Å²) in [4.78, 5) is 8.66. The number of nitrogens with zero attached hydrogens (tertiary/aromatic N) is 4. The molecule has 0 aliphatic carbocycles. The molecule has 4 aromatic rings. The van der Waals surface area contributed by atoms with E-state index in [9.17, 15) is 0 Å². The van der Waals surface area contributed by atoms with Crippen LogP contribution in [0.5, 0.6) is 5.75 Å². The molecule has 2 N–H and O–H groups in total. The van der Waals surface area contributed by atoms with Gasteiger partial charge in [-0.15, -0.1) is 0 Å². The van der Waals surface area contributed by atoms with Crippen LogP contribution in [0.15, 0.2) is 53.3 Å². The monoisotopic (exact) mass is 367 g/mol. The molecule has 0 spiro atoms. The Morgan fingerprint density at radius 2 is 2.12 bits per heavy atom. The zero-order valence-corrected chi connectivity index (χ0v) is 14.8. The highest BCUT2D eigenvalue weighted by atomic mass is 32.1. The molecule has 132 valence electrons. The topological polar surface area (TPSA) is 92.0 Å². The molecule has 0 unspecified atom stereocenters. The highest BCUT2D eigenvalue weighted by molar-refractivity contribution is 7.80. The van der Waals surface area contributed by atoms with Crippen molar-refractivity contribution in [2.45, 2.75) is 6.54 Å². The van der Waals surface area contributed by atoms with Gasteiger partial charge in [-0.2, -0.15) is 22.7 Å². The van der Waals surface area contributed by atoms with Crippen molar-refractivity contribution < 1.29 is 9.15 Å². The van der Waals surface area contributed by atoms with Crippen LogP contribution in [0.2, 0.25) is 0 Å². The second-order valence-electron chi connectivity index (χ2n) is 5.67. The van der Waals surface area contributed by atoms with E-state index in [0.717, 1.165) is 16.7 Å². The lowest BCUT2D eigenvalue weighted by Crippen LogP contribution is -2.05. The second-order valence-corrected chi connectivity index (χ2v) is 6.11. The smallest absolute Gasteiger partial charge is 0.222 e. The van der Waals surface area contributed by atoms with Gasteiger partial charge in [0.15, 0.2) is 11.4 Å². The minimum Gasteiger partial charge on any atom is -0.493 e. The molecule has 0 atom stereocenters. The average Bonchev–Trinajstić information content (AvgIpc) is 3.30. The van der Waals surface area contributed by atoms with E-state index in [1.54, 1.807) is 23.2 Å². The lowest BCUT2D eigenvalue weighted by Gasteiger charge is -2.08. The van der Waals surface area contributed by atoms with Crippen molar-refractivity contribution in [2.75, 3.05) is 18.1 Å². The maximum Gasteiger partial charge on any atom is 0.222 e. The molecule has 0 amide bonds. The Hall–Kier alpha value is -3.00. The van der Waals surface area contributed by atoms with E-state index in [4.69, 9.17) is 14.9 Å². The van der Waals surface area contributed by atoms with E-state index in [2.05, 4.69) is 27.7 Å². The van der Waals surface area contributed by atoms with E-state index in [0.29, 0.717) is 36.0 Å². The summed E-state index contributed by atoms with van der Waals surface area (Å²) in [5.41, 5.74) is 8.24. The third-order valence-corrected chi connectivity index (χ3v) is 4.04. The van der Waals surface area contributed by atoms with Gasteiger partial charge in [-0.3, -0.25) is 0 Å². The second kappa shape index (κ2) is 7.09. The largest absolute Gasteiger partial charge is 0.493 e. The third-order valence-electron chi connectivity index (χ3n) is 3.86. The number of aromatic nitrogens is 4. The van der Waals surface area contributed by atoms with Gasteiger partial charge >= 0.3 is 0 Å². The fourth-order valence-corrected chi connectivity index (χ4v) is 2.85. The first-order valence-corrected chi connectivity index (χ1v) is 8.73. The fourth-order valence-electron chi connectivity index (χ4n) is 2.76. The van der Waals surface area contributed by atoms with Crippen molar-refractivity contribution in [3.8, 4) is 17.2 Å². The molecule has 7 nitrogen and oxygen atoms in total. The summed E-state index contributed by atoms with van der Waals surface area (Å²) in [7, 11) is 0. The molecule has 4 rings (SSSR count).